The van der Waals surface area contributed by atoms with Crippen LogP contribution in [0.1, 0.15) is 89.7 Å². The van der Waals surface area contributed by atoms with Crippen LogP contribution >= 0.6 is 0 Å². The molecule has 0 aliphatic carbocycles. The lowest BCUT2D eigenvalue weighted by molar-refractivity contribution is 0.494. The summed E-state index contributed by atoms with van der Waals surface area (Å²) in [5, 5.41) is 0. The van der Waals surface area contributed by atoms with Crippen molar-refractivity contribution in [3.05, 3.63) is 30.1 Å². The van der Waals surface area contributed by atoms with Gasteiger partial charge in [-0.1, -0.05) is 71.3 Å². The molecule has 0 saturated carbocycles. The maximum atomic E-state index is 4.56. The maximum absolute atomic E-state index is 4.56. The summed E-state index contributed by atoms with van der Waals surface area (Å²) in [6.45, 7) is 4.56. The van der Waals surface area contributed by atoms with E-state index in [1.165, 1.54) is 69.9 Å². The minimum atomic E-state index is 0.687. The topological polar surface area (TPSA) is 12.9 Å². The van der Waals surface area contributed by atoms with Crippen LogP contribution in [0.2, 0.25) is 0 Å². The average Bonchev–Trinajstić information content (AvgIpc) is 2.46. The van der Waals surface area contributed by atoms with Crippen molar-refractivity contribution in [1.29, 1.82) is 0 Å². The molecule has 0 aliphatic heterocycles. The van der Waals surface area contributed by atoms with Gasteiger partial charge in [0.1, 0.15) is 0 Å². The Morgan fingerprint density at radius 1 is 0.842 bits per heavy atom. The number of hydrogen-bond donors (Lipinski definition) is 0. The lowest BCUT2D eigenvalue weighted by Crippen LogP contribution is -2.01. The third kappa shape index (κ3) is 7.34. The number of pyridine rings is 1. The van der Waals surface area contributed by atoms with Crippen LogP contribution in [0.5, 0.6) is 0 Å². The van der Waals surface area contributed by atoms with Gasteiger partial charge in [0.15, 0.2) is 0 Å². The standard InChI is InChI=1S/C18H31N/c1-3-5-7-8-9-10-14-17(13-6-4-2)18-15-11-12-16-19-18/h11-12,15-17H,3-10,13-14H2,1-2H3. The highest BCUT2D eigenvalue weighted by Gasteiger charge is 2.11. The summed E-state index contributed by atoms with van der Waals surface area (Å²) in [5.74, 6) is 0.687. The van der Waals surface area contributed by atoms with Crippen LogP contribution in [-0.2, 0) is 0 Å². The Morgan fingerprint density at radius 2 is 1.53 bits per heavy atom. The zero-order valence-corrected chi connectivity index (χ0v) is 12.9. The Hall–Kier alpha value is -0.850. The Morgan fingerprint density at radius 3 is 2.21 bits per heavy atom. The number of aromatic nitrogens is 1. The normalized spacial score (nSPS) is 12.5. The third-order valence-electron chi connectivity index (χ3n) is 3.92. The number of rotatable bonds is 11. The van der Waals surface area contributed by atoms with E-state index in [1.54, 1.807) is 0 Å². The molecule has 0 bridgehead atoms. The van der Waals surface area contributed by atoms with Crippen LogP contribution in [0.15, 0.2) is 24.4 Å². The van der Waals surface area contributed by atoms with E-state index in [2.05, 4.69) is 31.0 Å². The van der Waals surface area contributed by atoms with Gasteiger partial charge in [0.05, 0.1) is 0 Å². The van der Waals surface area contributed by atoms with Gasteiger partial charge in [-0.15, -0.1) is 0 Å². The zero-order valence-electron chi connectivity index (χ0n) is 12.9. The Labute approximate surface area is 119 Å². The van der Waals surface area contributed by atoms with E-state index >= 15 is 0 Å². The van der Waals surface area contributed by atoms with E-state index in [-0.39, 0.29) is 0 Å². The monoisotopic (exact) mass is 261 g/mol. The van der Waals surface area contributed by atoms with Gasteiger partial charge in [-0.05, 0) is 25.0 Å². The molecule has 1 rings (SSSR count). The lowest BCUT2D eigenvalue weighted by atomic mass is 9.92. The molecule has 0 spiro atoms. The number of unbranched alkanes of at least 4 members (excludes halogenated alkanes) is 6. The molecule has 19 heavy (non-hydrogen) atoms. The Bertz CT molecular complexity index is 294. The summed E-state index contributed by atoms with van der Waals surface area (Å²) in [4.78, 5) is 4.56. The van der Waals surface area contributed by atoms with E-state index in [0.717, 1.165) is 0 Å². The lowest BCUT2D eigenvalue weighted by Gasteiger charge is -2.16. The average molecular weight is 261 g/mol. The molecule has 1 unspecified atom stereocenters. The third-order valence-corrected chi connectivity index (χ3v) is 3.92. The van der Waals surface area contributed by atoms with E-state index in [9.17, 15) is 0 Å². The van der Waals surface area contributed by atoms with Gasteiger partial charge < -0.3 is 0 Å². The largest absolute Gasteiger partial charge is 0.261 e. The summed E-state index contributed by atoms with van der Waals surface area (Å²) in [6, 6.07) is 6.35. The van der Waals surface area contributed by atoms with Gasteiger partial charge in [-0.2, -0.15) is 0 Å². The highest BCUT2D eigenvalue weighted by Crippen LogP contribution is 2.26. The van der Waals surface area contributed by atoms with Crippen molar-refractivity contribution in [2.45, 2.75) is 84.0 Å². The van der Waals surface area contributed by atoms with Crippen LogP contribution < -0.4 is 0 Å². The highest BCUT2D eigenvalue weighted by atomic mass is 14.7. The van der Waals surface area contributed by atoms with Crippen molar-refractivity contribution in [2.24, 2.45) is 0 Å². The Kier molecular flexibility index (Phi) is 9.40. The second-order valence-electron chi connectivity index (χ2n) is 5.65. The molecule has 0 N–H and O–H groups in total. The number of hydrogen-bond acceptors (Lipinski definition) is 1. The predicted molar refractivity (Wildman–Crippen MR) is 84.5 cm³/mol. The second kappa shape index (κ2) is 11.0. The second-order valence-corrected chi connectivity index (χ2v) is 5.65. The van der Waals surface area contributed by atoms with Crippen molar-refractivity contribution >= 4 is 0 Å². The van der Waals surface area contributed by atoms with E-state index in [0.29, 0.717) is 5.92 Å². The molecule has 1 heterocycles. The first-order valence-electron chi connectivity index (χ1n) is 8.29. The van der Waals surface area contributed by atoms with Crippen molar-refractivity contribution in [3.63, 3.8) is 0 Å². The number of nitrogens with zero attached hydrogens (tertiary/aromatic N) is 1. The summed E-state index contributed by atoms with van der Waals surface area (Å²) in [7, 11) is 0. The van der Waals surface area contributed by atoms with Crippen LogP contribution in [0.3, 0.4) is 0 Å². The molecule has 1 aromatic heterocycles. The SMILES string of the molecule is CCCCCCCCC(CCCC)c1ccccn1. The molecule has 1 atom stereocenters. The molecule has 1 aromatic rings. The van der Waals surface area contributed by atoms with Gasteiger partial charge in [0.25, 0.3) is 0 Å². The van der Waals surface area contributed by atoms with Crippen LogP contribution in [0, 0.1) is 0 Å². The molecule has 108 valence electrons. The Balaban J connectivity index is 2.30. The van der Waals surface area contributed by atoms with Gasteiger partial charge in [-0.25, -0.2) is 0 Å². The fraction of sp³-hybridized carbons (Fsp3) is 0.722. The van der Waals surface area contributed by atoms with Crippen LogP contribution in [0.4, 0.5) is 0 Å². The molecule has 1 nitrogen and oxygen atoms in total. The molecule has 0 radical (unpaired) electrons. The molecule has 0 aliphatic rings. The van der Waals surface area contributed by atoms with Crippen molar-refractivity contribution < 1.29 is 0 Å². The summed E-state index contributed by atoms with van der Waals surface area (Å²) in [6.07, 6.45) is 15.5. The van der Waals surface area contributed by atoms with Gasteiger partial charge in [0.2, 0.25) is 0 Å². The van der Waals surface area contributed by atoms with Crippen LogP contribution in [-0.4, -0.2) is 4.98 Å². The molecular weight excluding hydrogens is 230 g/mol. The van der Waals surface area contributed by atoms with E-state index < -0.39 is 0 Å². The molecule has 0 saturated heterocycles. The molecular formula is C18H31N. The first kappa shape index (κ1) is 16.2. The molecule has 1 heteroatoms. The summed E-state index contributed by atoms with van der Waals surface area (Å²) >= 11 is 0. The van der Waals surface area contributed by atoms with Crippen LogP contribution in [0.25, 0.3) is 0 Å². The van der Waals surface area contributed by atoms with Crippen molar-refractivity contribution in [3.8, 4) is 0 Å². The first-order valence-corrected chi connectivity index (χ1v) is 8.29. The quantitative estimate of drug-likeness (QED) is 0.438. The van der Waals surface area contributed by atoms with E-state index in [4.69, 9.17) is 0 Å². The van der Waals surface area contributed by atoms with E-state index in [1.807, 2.05) is 12.3 Å². The van der Waals surface area contributed by atoms with Gasteiger partial charge >= 0.3 is 0 Å². The maximum Gasteiger partial charge on any atom is 0.0434 e. The van der Waals surface area contributed by atoms with Gasteiger partial charge in [-0.3, -0.25) is 4.98 Å². The first-order chi connectivity index (χ1) is 9.38. The fourth-order valence-corrected chi connectivity index (χ4v) is 2.68. The molecule has 0 aromatic carbocycles. The van der Waals surface area contributed by atoms with Crippen molar-refractivity contribution in [1.82, 2.24) is 4.98 Å². The molecule has 0 fully saturated rings. The summed E-state index contributed by atoms with van der Waals surface area (Å²) < 4.78 is 0. The molecule has 0 amide bonds. The minimum absolute atomic E-state index is 0.687. The predicted octanol–water partition coefficient (Wildman–Crippen LogP) is 6.11. The summed E-state index contributed by atoms with van der Waals surface area (Å²) in [5.41, 5.74) is 1.31. The van der Waals surface area contributed by atoms with Crippen molar-refractivity contribution in [2.75, 3.05) is 0 Å². The highest BCUT2D eigenvalue weighted by molar-refractivity contribution is 5.09. The minimum Gasteiger partial charge on any atom is -0.261 e. The fourth-order valence-electron chi connectivity index (χ4n) is 2.68. The van der Waals surface area contributed by atoms with Gasteiger partial charge in [0, 0.05) is 17.8 Å². The smallest absolute Gasteiger partial charge is 0.0434 e. The zero-order chi connectivity index (χ0) is 13.8.